The Balaban J connectivity index is 1.44. The van der Waals surface area contributed by atoms with Gasteiger partial charge in [-0.1, -0.05) is 50.2 Å². The number of hydrogen-bond donors (Lipinski definition) is 4. The third-order valence-corrected chi connectivity index (χ3v) is 9.14. The van der Waals surface area contributed by atoms with Gasteiger partial charge in [-0.2, -0.15) is 0 Å². The zero-order chi connectivity index (χ0) is 27.2. The minimum Gasteiger partial charge on any atom is -0.394 e. The zero-order valence-corrected chi connectivity index (χ0v) is 22.8. The van der Waals surface area contributed by atoms with Crippen LogP contribution in [0.5, 0.6) is 0 Å². The fourth-order valence-electron chi connectivity index (χ4n) is 5.49. The molecule has 2 aliphatic rings. The van der Waals surface area contributed by atoms with E-state index in [4.69, 9.17) is 0 Å². The standard InChI is InChI=1S/C29H34N4O4S/c1-16(2)23(15-34)32-25(35)22(13-17-14-30-21-12-8-7-9-18(17)21)31-26(36)24-29(3,4)38-28-20-11-6-5-10-19(20)27(37)33(24)28/h5-12,14,16,22-24,28,30,34H,13,15H2,1-4H3,(H,31,36)(H,32,35)/t22-,23+,24+,28+/m0/s1. The number of aromatic nitrogens is 1. The second kappa shape index (κ2) is 10.1. The Kier molecular flexibility index (Phi) is 7.00. The second-order valence-corrected chi connectivity index (χ2v) is 12.7. The van der Waals surface area contributed by atoms with Gasteiger partial charge in [0.15, 0.2) is 0 Å². The Morgan fingerprint density at radius 1 is 1.11 bits per heavy atom. The van der Waals surface area contributed by atoms with Gasteiger partial charge in [0.1, 0.15) is 17.5 Å². The van der Waals surface area contributed by atoms with Crippen molar-refractivity contribution >= 4 is 40.4 Å². The molecule has 3 heterocycles. The highest BCUT2D eigenvalue weighted by Gasteiger charge is 2.57. The molecule has 1 aromatic heterocycles. The first-order chi connectivity index (χ1) is 18.1. The Labute approximate surface area is 226 Å². The van der Waals surface area contributed by atoms with Crippen LogP contribution in [0, 0.1) is 5.92 Å². The maximum Gasteiger partial charge on any atom is 0.256 e. The third-order valence-electron chi connectivity index (χ3n) is 7.61. The van der Waals surface area contributed by atoms with Gasteiger partial charge in [0.25, 0.3) is 5.91 Å². The number of hydrogen-bond acceptors (Lipinski definition) is 5. The van der Waals surface area contributed by atoms with Crippen LogP contribution in [0.3, 0.4) is 0 Å². The topological polar surface area (TPSA) is 115 Å². The number of aliphatic hydroxyl groups excluding tert-OH is 1. The molecule has 1 saturated heterocycles. The number of fused-ring (bicyclic) bond motifs is 4. The van der Waals surface area contributed by atoms with Crippen LogP contribution in [0.1, 0.15) is 54.6 Å². The van der Waals surface area contributed by atoms with Crippen molar-refractivity contribution in [2.45, 2.75) is 62.4 Å². The number of carbonyl (C=O) groups excluding carboxylic acids is 3. The monoisotopic (exact) mass is 534 g/mol. The van der Waals surface area contributed by atoms with Crippen molar-refractivity contribution in [3.63, 3.8) is 0 Å². The molecule has 0 saturated carbocycles. The molecule has 2 aromatic carbocycles. The lowest BCUT2D eigenvalue weighted by Crippen LogP contribution is -2.58. The smallest absolute Gasteiger partial charge is 0.256 e. The summed E-state index contributed by atoms with van der Waals surface area (Å²) in [6.45, 7) is 7.56. The number of amides is 3. The third kappa shape index (κ3) is 4.58. The molecule has 0 aliphatic carbocycles. The van der Waals surface area contributed by atoms with Crippen LogP contribution in [0.15, 0.2) is 54.7 Å². The number of carbonyl (C=O) groups is 3. The highest BCUT2D eigenvalue weighted by molar-refractivity contribution is 8.01. The molecule has 4 N–H and O–H groups in total. The Hall–Kier alpha value is -3.30. The number of nitrogens with one attached hydrogen (secondary N) is 3. The first kappa shape index (κ1) is 26.3. The molecular formula is C29H34N4O4S. The number of nitrogens with zero attached hydrogens (tertiary/aromatic N) is 1. The van der Waals surface area contributed by atoms with E-state index in [9.17, 15) is 19.5 Å². The molecule has 9 heteroatoms. The lowest BCUT2D eigenvalue weighted by atomic mass is 9.98. The summed E-state index contributed by atoms with van der Waals surface area (Å²) in [5.41, 5.74) is 3.38. The summed E-state index contributed by atoms with van der Waals surface area (Å²) >= 11 is 1.59. The van der Waals surface area contributed by atoms with Crippen LogP contribution in [0.2, 0.25) is 0 Å². The van der Waals surface area contributed by atoms with Crippen LogP contribution < -0.4 is 10.6 Å². The quantitative estimate of drug-likeness (QED) is 0.354. The molecule has 8 nitrogen and oxygen atoms in total. The average Bonchev–Trinajstić information content (AvgIpc) is 3.51. The molecule has 3 amide bonds. The fraction of sp³-hybridized carbons (Fsp3) is 0.414. The van der Waals surface area contributed by atoms with Crippen molar-refractivity contribution in [3.8, 4) is 0 Å². The number of para-hydroxylation sites is 1. The second-order valence-electron chi connectivity index (χ2n) is 10.9. The maximum atomic E-state index is 13.9. The summed E-state index contributed by atoms with van der Waals surface area (Å²) in [6.07, 6.45) is 2.12. The van der Waals surface area contributed by atoms with Gasteiger partial charge >= 0.3 is 0 Å². The average molecular weight is 535 g/mol. The summed E-state index contributed by atoms with van der Waals surface area (Å²) in [6, 6.07) is 13.2. The Morgan fingerprint density at radius 2 is 1.82 bits per heavy atom. The minimum absolute atomic E-state index is 0.0139. The normalized spacial score (nSPS) is 21.3. The van der Waals surface area contributed by atoms with Crippen molar-refractivity contribution in [1.82, 2.24) is 20.5 Å². The molecule has 0 bridgehead atoms. The molecule has 200 valence electrons. The van der Waals surface area contributed by atoms with Crippen molar-refractivity contribution < 1.29 is 19.5 Å². The number of H-pyrrole nitrogens is 1. The first-order valence-corrected chi connectivity index (χ1v) is 13.9. The molecule has 0 unspecified atom stereocenters. The van der Waals surface area contributed by atoms with Crippen LogP contribution >= 0.6 is 11.8 Å². The van der Waals surface area contributed by atoms with Gasteiger partial charge in [0.05, 0.1) is 12.6 Å². The maximum absolute atomic E-state index is 13.9. The summed E-state index contributed by atoms with van der Waals surface area (Å²) in [4.78, 5) is 45.7. The first-order valence-electron chi connectivity index (χ1n) is 13.0. The molecule has 2 aliphatic heterocycles. The molecular weight excluding hydrogens is 500 g/mol. The van der Waals surface area contributed by atoms with Gasteiger partial charge in [-0.25, -0.2) is 0 Å². The lowest BCUT2D eigenvalue weighted by Gasteiger charge is -2.31. The highest BCUT2D eigenvalue weighted by atomic mass is 32.2. The van der Waals surface area contributed by atoms with Gasteiger partial charge in [0.2, 0.25) is 11.8 Å². The molecule has 5 rings (SSSR count). The lowest BCUT2D eigenvalue weighted by molar-refractivity contribution is -0.132. The molecule has 3 aromatic rings. The number of thioether (sulfide) groups is 1. The van der Waals surface area contributed by atoms with E-state index in [-0.39, 0.29) is 42.0 Å². The van der Waals surface area contributed by atoms with E-state index in [1.165, 1.54) is 0 Å². The predicted octanol–water partition coefficient (Wildman–Crippen LogP) is 3.38. The molecule has 0 radical (unpaired) electrons. The highest BCUT2D eigenvalue weighted by Crippen LogP contribution is 2.56. The van der Waals surface area contributed by atoms with Crippen molar-refractivity contribution in [2.75, 3.05) is 6.61 Å². The van der Waals surface area contributed by atoms with Crippen molar-refractivity contribution in [3.05, 3.63) is 71.4 Å². The fourth-order valence-corrected chi connectivity index (χ4v) is 7.08. The number of benzene rings is 2. The van der Waals surface area contributed by atoms with Gasteiger partial charge in [-0.15, -0.1) is 11.8 Å². The van der Waals surface area contributed by atoms with Crippen LogP contribution in [-0.2, 0) is 16.0 Å². The van der Waals surface area contributed by atoms with E-state index in [0.29, 0.717) is 5.56 Å². The van der Waals surface area contributed by atoms with Crippen LogP contribution in [-0.4, -0.2) is 62.2 Å². The molecule has 4 atom stereocenters. The zero-order valence-electron chi connectivity index (χ0n) is 22.0. The number of rotatable bonds is 8. The van der Waals surface area contributed by atoms with Crippen molar-refractivity contribution in [2.24, 2.45) is 5.92 Å². The van der Waals surface area contributed by atoms with Gasteiger partial charge < -0.3 is 25.6 Å². The SMILES string of the molecule is CC(C)[C@@H](CO)NC(=O)[C@H](Cc1c[nH]c2ccccc12)NC(=O)[C@H]1N2C(=O)c3ccccc3[C@H]2SC1(C)C. The molecule has 1 fully saturated rings. The largest absolute Gasteiger partial charge is 0.394 e. The van der Waals surface area contributed by atoms with E-state index in [2.05, 4.69) is 15.6 Å². The summed E-state index contributed by atoms with van der Waals surface area (Å²) in [5.74, 6) is -0.884. The van der Waals surface area contributed by atoms with E-state index >= 15 is 0 Å². The number of aliphatic hydroxyl groups is 1. The summed E-state index contributed by atoms with van der Waals surface area (Å²) in [7, 11) is 0. The van der Waals surface area contributed by atoms with Gasteiger partial charge in [-0.3, -0.25) is 14.4 Å². The van der Waals surface area contributed by atoms with Gasteiger partial charge in [-0.05, 0) is 43.0 Å². The molecule has 38 heavy (non-hydrogen) atoms. The predicted molar refractivity (Wildman–Crippen MR) is 149 cm³/mol. The van der Waals surface area contributed by atoms with Crippen LogP contribution in [0.25, 0.3) is 10.9 Å². The Bertz CT molecular complexity index is 1380. The van der Waals surface area contributed by atoms with E-state index in [0.717, 1.165) is 22.0 Å². The van der Waals surface area contributed by atoms with Gasteiger partial charge in [0, 0.05) is 33.8 Å². The van der Waals surface area contributed by atoms with Crippen molar-refractivity contribution in [1.29, 1.82) is 0 Å². The Morgan fingerprint density at radius 3 is 2.55 bits per heavy atom. The molecule has 0 spiro atoms. The van der Waals surface area contributed by atoms with E-state index in [1.54, 1.807) is 22.7 Å². The van der Waals surface area contributed by atoms with E-state index < -0.39 is 22.9 Å². The minimum atomic E-state index is -0.894. The van der Waals surface area contributed by atoms with E-state index in [1.807, 2.05) is 76.4 Å². The van der Waals surface area contributed by atoms with Crippen LogP contribution in [0.4, 0.5) is 0 Å². The number of aromatic amines is 1. The summed E-state index contributed by atoms with van der Waals surface area (Å²) < 4.78 is -0.564. The summed E-state index contributed by atoms with van der Waals surface area (Å²) in [5, 5.41) is 16.4.